The molecule has 1 atom stereocenters. The molecule has 28 heavy (non-hydrogen) atoms. The topological polar surface area (TPSA) is 93.5 Å². The van der Waals surface area contributed by atoms with Crippen LogP contribution in [0.3, 0.4) is 0 Å². The first kappa shape index (κ1) is 21.2. The number of rotatable bonds is 8. The number of carbonyl (C=O) groups is 2. The number of carboxylic acid groups (broad SMARTS) is 1. The quantitative estimate of drug-likeness (QED) is 0.528. The first-order valence-corrected chi connectivity index (χ1v) is 8.09. The third-order valence-corrected chi connectivity index (χ3v) is 3.68. The maximum Gasteiger partial charge on any atom is 0.434 e. The Morgan fingerprint density at radius 1 is 1.36 bits per heavy atom. The minimum atomic E-state index is -4.90. The van der Waals surface area contributed by atoms with E-state index in [-0.39, 0.29) is 12.3 Å². The maximum atomic E-state index is 13.6. The first-order valence-electron chi connectivity index (χ1n) is 8.09. The lowest BCUT2D eigenvalue weighted by atomic mass is 10.2. The highest BCUT2D eigenvalue weighted by Crippen LogP contribution is 2.33. The van der Waals surface area contributed by atoms with Gasteiger partial charge in [-0.1, -0.05) is 23.8 Å². The van der Waals surface area contributed by atoms with Crippen LogP contribution in [0.25, 0.3) is 5.69 Å². The standard InChI is InChI=1S/C18H18F3N3O4/c1-3-8-28-10-14(17(26)27)23-16(25)13-9-22-24(15(13)18(19,20)21)12-6-4-11(2)5-7-12/h3-7,9,14H,1,8,10H2,2H3,(H,23,25)(H,26,27). The molecule has 2 rings (SSSR count). The number of carbonyl (C=O) groups excluding carboxylic acids is 1. The van der Waals surface area contributed by atoms with Crippen molar-refractivity contribution >= 4 is 11.9 Å². The van der Waals surface area contributed by atoms with Gasteiger partial charge >= 0.3 is 12.1 Å². The smallest absolute Gasteiger partial charge is 0.434 e. The number of hydrogen-bond donors (Lipinski definition) is 2. The molecule has 0 bridgehead atoms. The number of alkyl halides is 3. The second-order valence-electron chi connectivity index (χ2n) is 5.84. The third kappa shape index (κ3) is 4.97. The van der Waals surface area contributed by atoms with Crippen molar-refractivity contribution in [2.75, 3.05) is 13.2 Å². The summed E-state index contributed by atoms with van der Waals surface area (Å²) < 4.78 is 46.4. The van der Waals surface area contributed by atoms with Gasteiger partial charge in [-0.2, -0.15) is 18.3 Å². The fourth-order valence-electron chi connectivity index (χ4n) is 2.35. The summed E-state index contributed by atoms with van der Waals surface area (Å²) in [6.45, 7) is 4.76. The molecule has 1 unspecified atom stereocenters. The molecule has 0 aliphatic heterocycles. The van der Waals surface area contributed by atoms with Crippen LogP contribution in [0, 0.1) is 6.92 Å². The molecule has 0 saturated heterocycles. The summed E-state index contributed by atoms with van der Waals surface area (Å²) in [7, 11) is 0. The van der Waals surface area contributed by atoms with Gasteiger partial charge in [0.15, 0.2) is 11.7 Å². The van der Waals surface area contributed by atoms with Gasteiger partial charge in [0.1, 0.15) is 0 Å². The van der Waals surface area contributed by atoms with E-state index in [0.717, 1.165) is 11.8 Å². The molecular weight excluding hydrogens is 379 g/mol. The van der Waals surface area contributed by atoms with E-state index < -0.39 is 42.0 Å². The van der Waals surface area contributed by atoms with Gasteiger partial charge < -0.3 is 15.2 Å². The van der Waals surface area contributed by atoms with E-state index in [9.17, 15) is 22.8 Å². The number of aryl methyl sites for hydroxylation is 1. The maximum absolute atomic E-state index is 13.6. The highest BCUT2D eigenvalue weighted by Gasteiger charge is 2.41. The number of nitrogens with zero attached hydrogens (tertiary/aromatic N) is 2. The lowest BCUT2D eigenvalue weighted by Gasteiger charge is -2.16. The van der Waals surface area contributed by atoms with Gasteiger partial charge in [-0.3, -0.25) is 4.79 Å². The molecule has 1 amide bonds. The molecule has 0 spiro atoms. The van der Waals surface area contributed by atoms with Crippen LogP contribution in [0.15, 0.2) is 43.1 Å². The predicted molar refractivity (Wildman–Crippen MR) is 93.2 cm³/mol. The molecule has 0 aliphatic carbocycles. The molecule has 0 saturated carbocycles. The Labute approximate surface area is 158 Å². The van der Waals surface area contributed by atoms with E-state index in [4.69, 9.17) is 9.84 Å². The van der Waals surface area contributed by atoms with Crippen molar-refractivity contribution in [1.29, 1.82) is 0 Å². The SMILES string of the molecule is C=CCOCC(NC(=O)c1cnn(-c2ccc(C)cc2)c1C(F)(F)F)C(=O)O. The molecular formula is C18H18F3N3O4. The van der Waals surface area contributed by atoms with Gasteiger partial charge in [0.25, 0.3) is 5.91 Å². The van der Waals surface area contributed by atoms with Crippen molar-refractivity contribution in [3.63, 3.8) is 0 Å². The van der Waals surface area contributed by atoms with Crippen molar-refractivity contribution in [2.45, 2.75) is 19.1 Å². The molecule has 1 heterocycles. The zero-order chi connectivity index (χ0) is 20.9. The van der Waals surface area contributed by atoms with E-state index in [0.29, 0.717) is 4.68 Å². The number of aromatic nitrogens is 2. The number of aliphatic carboxylic acids is 1. The number of ether oxygens (including phenoxy) is 1. The van der Waals surface area contributed by atoms with Crippen molar-refractivity contribution in [2.24, 2.45) is 0 Å². The van der Waals surface area contributed by atoms with Crippen LogP contribution in [-0.2, 0) is 15.7 Å². The Morgan fingerprint density at radius 3 is 2.54 bits per heavy atom. The summed E-state index contributed by atoms with van der Waals surface area (Å²) in [5.41, 5.74) is -1.14. The summed E-state index contributed by atoms with van der Waals surface area (Å²) in [6, 6.07) is 4.55. The summed E-state index contributed by atoms with van der Waals surface area (Å²) in [5.74, 6) is -2.67. The molecule has 2 aromatic rings. The normalized spacial score (nSPS) is 12.4. The highest BCUT2D eigenvalue weighted by molar-refractivity contribution is 5.97. The molecule has 0 aliphatic rings. The Morgan fingerprint density at radius 2 is 2.00 bits per heavy atom. The van der Waals surface area contributed by atoms with Crippen LogP contribution >= 0.6 is 0 Å². The molecule has 1 aromatic carbocycles. The third-order valence-electron chi connectivity index (χ3n) is 3.68. The van der Waals surface area contributed by atoms with Crippen LogP contribution in [0.5, 0.6) is 0 Å². The van der Waals surface area contributed by atoms with Gasteiger partial charge in [0.05, 0.1) is 30.7 Å². The number of amides is 1. The summed E-state index contributed by atoms with van der Waals surface area (Å²) >= 11 is 0. The number of hydrogen-bond acceptors (Lipinski definition) is 4. The molecule has 150 valence electrons. The lowest BCUT2D eigenvalue weighted by molar-refractivity contribution is -0.143. The minimum absolute atomic E-state index is 0.0266. The molecule has 2 N–H and O–H groups in total. The second-order valence-corrected chi connectivity index (χ2v) is 5.84. The van der Waals surface area contributed by atoms with Gasteiger partial charge in [0.2, 0.25) is 0 Å². The lowest BCUT2D eigenvalue weighted by Crippen LogP contribution is -2.44. The Balaban J connectivity index is 2.36. The van der Waals surface area contributed by atoms with E-state index in [1.54, 1.807) is 19.1 Å². The summed E-state index contributed by atoms with van der Waals surface area (Å²) in [5, 5.41) is 14.8. The van der Waals surface area contributed by atoms with Crippen LogP contribution in [0.2, 0.25) is 0 Å². The zero-order valence-electron chi connectivity index (χ0n) is 14.9. The van der Waals surface area contributed by atoms with Crippen molar-refractivity contribution in [3.05, 3.63) is 59.9 Å². The van der Waals surface area contributed by atoms with Gasteiger partial charge in [0, 0.05) is 0 Å². The average molecular weight is 397 g/mol. The Hall–Kier alpha value is -3.14. The van der Waals surface area contributed by atoms with Crippen LogP contribution in [-0.4, -0.2) is 46.0 Å². The molecule has 0 fully saturated rings. The van der Waals surface area contributed by atoms with Crippen LogP contribution in [0.4, 0.5) is 13.2 Å². The zero-order valence-corrected chi connectivity index (χ0v) is 14.9. The van der Waals surface area contributed by atoms with E-state index >= 15 is 0 Å². The van der Waals surface area contributed by atoms with Crippen LogP contribution in [0.1, 0.15) is 21.6 Å². The molecule has 0 radical (unpaired) electrons. The largest absolute Gasteiger partial charge is 0.480 e. The molecule has 10 heteroatoms. The average Bonchev–Trinajstić information content (AvgIpc) is 3.07. The number of benzene rings is 1. The fraction of sp³-hybridized carbons (Fsp3) is 0.278. The summed E-state index contributed by atoms with van der Waals surface area (Å²) in [4.78, 5) is 23.6. The van der Waals surface area contributed by atoms with Gasteiger partial charge in [-0.05, 0) is 19.1 Å². The van der Waals surface area contributed by atoms with Crippen LogP contribution < -0.4 is 5.32 Å². The predicted octanol–water partition coefficient (Wildman–Crippen LogP) is 2.59. The number of halogens is 3. The van der Waals surface area contributed by atoms with Gasteiger partial charge in [-0.25, -0.2) is 9.48 Å². The Bertz CT molecular complexity index is 860. The van der Waals surface area contributed by atoms with Crippen molar-refractivity contribution in [1.82, 2.24) is 15.1 Å². The van der Waals surface area contributed by atoms with Crippen molar-refractivity contribution in [3.8, 4) is 5.69 Å². The number of nitrogens with one attached hydrogen (secondary N) is 1. The van der Waals surface area contributed by atoms with Crippen molar-refractivity contribution < 1.29 is 32.6 Å². The van der Waals surface area contributed by atoms with E-state index in [1.807, 2.05) is 5.32 Å². The van der Waals surface area contributed by atoms with E-state index in [2.05, 4.69) is 11.7 Å². The fourth-order valence-corrected chi connectivity index (χ4v) is 2.35. The minimum Gasteiger partial charge on any atom is -0.480 e. The highest BCUT2D eigenvalue weighted by atomic mass is 19.4. The monoisotopic (exact) mass is 397 g/mol. The Kier molecular flexibility index (Phi) is 6.57. The van der Waals surface area contributed by atoms with Gasteiger partial charge in [-0.15, -0.1) is 6.58 Å². The summed E-state index contributed by atoms with van der Waals surface area (Å²) in [6.07, 6.45) is -2.78. The molecule has 1 aromatic heterocycles. The second kappa shape index (κ2) is 8.70. The number of carboxylic acids is 1. The van der Waals surface area contributed by atoms with E-state index in [1.165, 1.54) is 18.2 Å². The molecule has 7 nitrogen and oxygen atoms in total. The first-order chi connectivity index (χ1) is 13.1.